The number of pyridine rings is 1. The molecular weight excluding hydrogens is 226 g/mol. The molecule has 1 heterocycles. The minimum atomic E-state index is -3.56. The molecule has 0 amide bonds. The van der Waals surface area contributed by atoms with Gasteiger partial charge in [0.2, 0.25) is 0 Å². The normalized spacial score (nSPS) is 11.6. The second-order valence-corrected chi connectivity index (χ2v) is 5.18. The molecule has 0 bridgehead atoms. The number of nitrogens with zero attached hydrogens (tertiary/aromatic N) is 1. The van der Waals surface area contributed by atoms with Gasteiger partial charge in [0.1, 0.15) is 0 Å². The fourth-order valence-corrected chi connectivity index (χ4v) is 2.41. The first kappa shape index (κ1) is 12.9. The maximum Gasteiger partial charge on any atom is 0.260 e. The highest BCUT2D eigenvalue weighted by atomic mass is 32.2. The third-order valence-corrected chi connectivity index (χ3v) is 3.56. The molecule has 0 atom stereocenters. The maximum absolute atomic E-state index is 11.8. The van der Waals surface area contributed by atoms with E-state index in [4.69, 9.17) is 5.73 Å². The monoisotopic (exact) mass is 243 g/mol. The SMILES string of the molecule is CCCCCNS(=O)(=O)c1ncccc1N. The lowest BCUT2D eigenvalue weighted by atomic mass is 10.3. The van der Waals surface area contributed by atoms with E-state index in [9.17, 15) is 8.42 Å². The van der Waals surface area contributed by atoms with Gasteiger partial charge in [0, 0.05) is 12.7 Å². The summed E-state index contributed by atoms with van der Waals surface area (Å²) in [6, 6.07) is 3.12. The molecular formula is C10H17N3O2S. The van der Waals surface area contributed by atoms with Crippen molar-refractivity contribution in [3.05, 3.63) is 18.3 Å². The molecule has 1 aromatic rings. The Kier molecular flexibility index (Phi) is 4.70. The molecule has 3 N–H and O–H groups in total. The minimum Gasteiger partial charge on any atom is -0.396 e. The predicted octanol–water partition coefficient (Wildman–Crippen LogP) is 1.13. The van der Waals surface area contributed by atoms with Gasteiger partial charge >= 0.3 is 0 Å². The Morgan fingerprint density at radius 3 is 2.81 bits per heavy atom. The molecule has 5 nitrogen and oxygen atoms in total. The molecule has 0 fully saturated rings. The lowest BCUT2D eigenvalue weighted by molar-refractivity contribution is 0.573. The summed E-state index contributed by atoms with van der Waals surface area (Å²) in [5.41, 5.74) is 5.73. The van der Waals surface area contributed by atoms with Crippen LogP contribution in [0, 0.1) is 0 Å². The summed E-state index contributed by atoms with van der Waals surface area (Å²) < 4.78 is 26.0. The molecule has 0 saturated heterocycles. The zero-order valence-electron chi connectivity index (χ0n) is 9.31. The first-order valence-corrected chi connectivity index (χ1v) is 6.76. The van der Waals surface area contributed by atoms with Gasteiger partial charge in [-0.05, 0) is 18.6 Å². The highest BCUT2D eigenvalue weighted by Gasteiger charge is 2.17. The van der Waals surface area contributed by atoms with E-state index in [0.717, 1.165) is 19.3 Å². The summed E-state index contributed by atoms with van der Waals surface area (Å²) in [5, 5.41) is -0.0912. The average molecular weight is 243 g/mol. The molecule has 90 valence electrons. The van der Waals surface area contributed by atoms with Crippen LogP contribution in [-0.2, 0) is 10.0 Å². The molecule has 16 heavy (non-hydrogen) atoms. The van der Waals surface area contributed by atoms with Crippen LogP contribution in [0.5, 0.6) is 0 Å². The molecule has 0 aliphatic carbocycles. The van der Waals surface area contributed by atoms with Crippen molar-refractivity contribution in [2.45, 2.75) is 31.2 Å². The van der Waals surface area contributed by atoms with E-state index < -0.39 is 10.0 Å². The van der Waals surface area contributed by atoms with Gasteiger partial charge in [0.25, 0.3) is 10.0 Å². The largest absolute Gasteiger partial charge is 0.396 e. The number of rotatable bonds is 6. The number of aromatic nitrogens is 1. The molecule has 0 radical (unpaired) electrons. The molecule has 0 saturated carbocycles. The van der Waals surface area contributed by atoms with Crippen molar-refractivity contribution < 1.29 is 8.42 Å². The molecule has 1 aromatic heterocycles. The number of hydrogen-bond donors (Lipinski definition) is 2. The van der Waals surface area contributed by atoms with E-state index >= 15 is 0 Å². The molecule has 0 aliphatic heterocycles. The van der Waals surface area contributed by atoms with E-state index in [1.807, 2.05) is 0 Å². The quantitative estimate of drug-likeness (QED) is 0.733. The minimum absolute atomic E-state index is 0.0912. The lowest BCUT2D eigenvalue weighted by Gasteiger charge is -2.07. The van der Waals surface area contributed by atoms with Gasteiger partial charge in [-0.25, -0.2) is 18.1 Å². The topological polar surface area (TPSA) is 85.1 Å². The molecule has 0 spiro atoms. The number of unbranched alkanes of at least 4 members (excludes halogenated alkanes) is 2. The van der Waals surface area contributed by atoms with Crippen molar-refractivity contribution in [1.82, 2.24) is 9.71 Å². The van der Waals surface area contributed by atoms with Crippen LogP contribution in [0.4, 0.5) is 5.69 Å². The Bertz CT molecular complexity index is 431. The molecule has 1 rings (SSSR count). The lowest BCUT2D eigenvalue weighted by Crippen LogP contribution is -2.26. The fourth-order valence-electron chi connectivity index (χ4n) is 1.28. The Hall–Kier alpha value is -1.14. The molecule has 0 aromatic carbocycles. The molecule has 0 aliphatic rings. The van der Waals surface area contributed by atoms with Crippen LogP contribution < -0.4 is 10.5 Å². The number of nitrogens with two attached hydrogens (primary N) is 1. The Morgan fingerprint density at radius 2 is 2.19 bits per heavy atom. The summed E-state index contributed by atoms with van der Waals surface area (Å²) in [4.78, 5) is 3.77. The van der Waals surface area contributed by atoms with E-state index in [-0.39, 0.29) is 10.7 Å². The Morgan fingerprint density at radius 1 is 1.44 bits per heavy atom. The second-order valence-electron chi connectivity index (χ2n) is 3.50. The number of sulfonamides is 1. The number of hydrogen-bond acceptors (Lipinski definition) is 4. The van der Waals surface area contributed by atoms with E-state index in [2.05, 4.69) is 16.6 Å². The highest BCUT2D eigenvalue weighted by Crippen LogP contribution is 2.13. The first-order valence-electron chi connectivity index (χ1n) is 5.28. The summed E-state index contributed by atoms with van der Waals surface area (Å²) in [7, 11) is -3.56. The third kappa shape index (κ3) is 3.46. The second kappa shape index (κ2) is 5.81. The highest BCUT2D eigenvalue weighted by molar-refractivity contribution is 7.89. The molecule has 6 heteroatoms. The summed E-state index contributed by atoms with van der Waals surface area (Å²) >= 11 is 0. The van der Waals surface area contributed by atoms with Gasteiger partial charge in [-0.15, -0.1) is 0 Å². The van der Waals surface area contributed by atoms with Gasteiger partial charge in [0.15, 0.2) is 5.03 Å². The molecule has 0 unspecified atom stereocenters. The van der Waals surface area contributed by atoms with Crippen molar-refractivity contribution in [3.8, 4) is 0 Å². The van der Waals surface area contributed by atoms with Gasteiger partial charge in [0.05, 0.1) is 5.69 Å². The van der Waals surface area contributed by atoms with Gasteiger partial charge in [-0.2, -0.15) is 0 Å². The number of anilines is 1. The summed E-state index contributed by atoms with van der Waals surface area (Å²) in [5.74, 6) is 0. The van der Waals surface area contributed by atoms with Crippen LogP contribution in [0.3, 0.4) is 0 Å². The van der Waals surface area contributed by atoms with Gasteiger partial charge in [-0.3, -0.25) is 0 Å². The Balaban J connectivity index is 2.68. The van der Waals surface area contributed by atoms with Crippen molar-refractivity contribution in [2.24, 2.45) is 0 Å². The number of nitrogens with one attached hydrogen (secondary N) is 1. The predicted molar refractivity (Wildman–Crippen MR) is 63.4 cm³/mol. The first-order chi connectivity index (χ1) is 7.58. The van der Waals surface area contributed by atoms with Crippen LogP contribution in [0.15, 0.2) is 23.4 Å². The average Bonchev–Trinajstić information content (AvgIpc) is 2.25. The van der Waals surface area contributed by atoms with Crippen LogP contribution >= 0.6 is 0 Å². The van der Waals surface area contributed by atoms with Crippen LogP contribution in [0.2, 0.25) is 0 Å². The van der Waals surface area contributed by atoms with Crippen LogP contribution in [0.1, 0.15) is 26.2 Å². The number of nitrogen functional groups attached to an aromatic ring is 1. The Labute approximate surface area is 96.1 Å². The zero-order valence-corrected chi connectivity index (χ0v) is 10.1. The maximum atomic E-state index is 11.8. The fraction of sp³-hybridized carbons (Fsp3) is 0.500. The standard InChI is InChI=1S/C10H17N3O2S/c1-2-3-4-8-13-16(14,15)10-9(11)6-5-7-12-10/h5-7,13H,2-4,8,11H2,1H3. The third-order valence-electron chi connectivity index (χ3n) is 2.13. The van der Waals surface area contributed by atoms with E-state index in [1.54, 1.807) is 6.07 Å². The smallest absolute Gasteiger partial charge is 0.260 e. The van der Waals surface area contributed by atoms with Gasteiger partial charge in [-0.1, -0.05) is 19.8 Å². The van der Waals surface area contributed by atoms with E-state index in [0.29, 0.717) is 6.54 Å². The van der Waals surface area contributed by atoms with E-state index in [1.165, 1.54) is 12.3 Å². The summed E-state index contributed by atoms with van der Waals surface area (Å²) in [6.45, 7) is 2.48. The van der Waals surface area contributed by atoms with Crippen molar-refractivity contribution in [1.29, 1.82) is 0 Å². The summed E-state index contributed by atoms with van der Waals surface area (Å²) in [6.07, 6.45) is 4.28. The van der Waals surface area contributed by atoms with Crippen LogP contribution in [0.25, 0.3) is 0 Å². The zero-order chi connectivity index (χ0) is 12.0. The van der Waals surface area contributed by atoms with Gasteiger partial charge < -0.3 is 5.73 Å². The van der Waals surface area contributed by atoms with Crippen molar-refractivity contribution in [2.75, 3.05) is 12.3 Å². The van der Waals surface area contributed by atoms with Crippen molar-refractivity contribution in [3.63, 3.8) is 0 Å². The van der Waals surface area contributed by atoms with Crippen molar-refractivity contribution >= 4 is 15.7 Å². The van der Waals surface area contributed by atoms with Crippen LogP contribution in [-0.4, -0.2) is 19.9 Å².